The summed E-state index contributed by atoms with van der Waals surface area (Å²) in [5, 5.41) is 0. The SMILES string of the molecule is COc1ccc2c(c1)C(=O)C1CCCCC1C2. The number of carbonyl (C=O) groups excluding carboxylic acids is 1. The average molecular weight is 230 g/mol. The van der Waals surface area contributed by atoms with Crippen LogP contribution < -0.4 is 4.74 Å². The molecule has 2 unspecified atom stereocenters. The molecule has 3 rings (SSSR count). The van der Waals surface area contributed by atoms with E-state index < -0.39 is 0 Å². The highest BCUT2D eigenvalue weighted by Crippen LogP contribution is 2.40. The highest BCUT2D eigenvalue weighted by Gasteiger charge is 2.36. The van der Waals surface area contributed by atoms with E-state index in [0.29, 0.717) is 11.7 Å². The summed E-state index contributed by atoms with van der Waals surface area (Å²) in [5.41, 5.74) is 2.13. The van der Waals surface area contributed by atoms with E-state index in [2.05, 4.69) is 6.07 Å². The number of Topliss-reactive ketones (excluding diaryl/α,β-unsaturated/α-hetero) is 1. The van der Waals surface area contributed by atoms with Gasteiger partial charge < -0.3 is 4.74 Å². The lowest BCUT2D eigenvalue weighted by molar-refractivity contribution is 0.0800. The summed E-state index contributed by atoms with van der Waals surface area (Å²) in [5.74, 6) is 2.03. The molecule has 17 heavy (non-hydrogen) atoms. The number of hydrogen-bond donors (Lipinski definition) is 0. The van der Waals surface area contributed by atoms with Gasteiger partial charge in [0, 0.05) is 11.5 Å². The molecule has 2 heteroatoms. The first-order valence-corrected chi connectivity index (χ1v) is 6.50. The van der Waals surface area contributed by atoms with Crippen molar-refractivity contribution in [2.45, 2.75) is 32.1 Å². The molecule has 1 saturated carbocycles. The molecule has 0 N–H and O–H groups in total. The maximum Gasteiger partial charge on any atom is 0.166 e. The van der Waals surface area contributed by atoms with Gasteiger partial charge in [0.15, 0.2) is 5.78 Å². The Morgan fingerprint density at radius 2 is 2.06 bits per heavy atom. The van der Waals surface area contributed by atoms with Crippen molar-refractivity contribution in [3.8, 4) is 5.75 Å². The van der Waals surface area contributed by atoms with E-state index in [1.54, 1.807) is 7.11 Å². The van der Waals surface area contributed by atoms with Crippen LogP contribution in [0.1, 0.15) is 41.6 Å². The van der Waals surface area contributed by atoms with E-state index >= 15 is 0 Å². The fourth-order valence-electron chi connectivity index (χ4n) is 3.37. The summed E-state index contributed by atoms with van der Waals surface area (Å²) >= 11 is 0. The zero-order chi connectivity index (χ0) is 11.8. The molecule has 2 atom stereocenters. The Kier molecular flexibility index (Phi) is 2.65. The number of ketones is 1. The van der Waals surface area contributed by atoms with Gasteiger partial charge in [-0.05, 0) is 42.9 Å². The van der Waals surface area contributed by atoms with Crippen LogP contribution >= 0.6 is 0 Å². The van der Waals surface area contributed by atoms with Crippen LogP contribution in [-0.4, -0.2) is 12.9 Å². The van der Waals surface area contributed by atoms with Gasteiger partial charge in [0.25, 0.3) is 0 Å². The van der Waals surface area contributed by atoms with E-state index in [-0.39, 0.29) is 5.92 Å². The minimum absolute atomic E-state index is 0.281. The molecule has 0 aromatic heterocycles. The lowest BCUT2D eigenvalue weighted by Crippen LogP contribution is -2.33. The molecule has 90 valence electrons. The number of benzene rings is 1. The van der Waals surface area contributed by atoms with Crippen LogP contribution in [0.25, 0.3) is 0 Å². The summed E-state index contributed by atoms with van der Waals surface area (Å²) in [4.78, 5) is 12.5. The zero-order valence-corrected chi connectivity index (χ0v) is 10.2. The minimum Gasteiger partial charge on any atom is -0.497 e. The van der Waals surface area contributed by atoms with Crippen molar-refractivity contribution in [3.05, 3.63) is 29.3 Å². The van der Waals surface area contributed by atoms with Gasteiger partial charge in [-0.25, -0.2) is 0 Å². The van der Waals surface area contributed by atoms with Crippen molar-refractivity contribution in [1.29, 1.82) is 0 Å². The lowest BCUT2D eigenvalue weighted by atomic mass is 9.68. The fraction of sp³-hybridized carbons (Fsp3) is 0.533. The number of methoxy groups -OCH3 is 1. The molecule has 0 radical (unpaired) electrons. The molecule has 0 aliphatic heterocycles. The molecule has 2 aliphatic rings. The number of rotatable bonds is 1. The van der Waals surface area contributed by atoms with Crippen LogP contribution in [0, 0.1) is 11.8 Å². The van der Waals surface area contributed by atoms with E-state index in [9.17, 15) is 4.79 Å². The third-order valence-electron chi connectivity index (χ3n) is 4.31. The Balaban J connectivity index is 2.00. The number of carbonyl (C=O) groups is 1. The summed E-state index contributed by atoms with van der Waals surface area (Å²) in [7, 11) is 1.65. The van der Waals surface area contributed by atoms with Crippen molar-refractivity contribution < 1.29 is 9.53 Å². The molecule has 2 nitrogen and oxygen atoms in total. The Labute approximate surface area is 102 Å². The van der Waals surface area contributed by atoms with E-state index in [4.69, 9.17) is 4.74 Å². The van der Waals surface area contributed by atoms with Crippen molar-refractivity contribution in [2.75, 3.05) is 7.11 Å². The zero-order valence-electron chi connectivity index (χ0n) is 10.2. The topological polar surface area (TPSA) is 26.3 Å². The highest BCUT2D eigenvalue weighted by molar-refractivity contribution is 6.00. The Morgan fingerprint density at radius 1 is 1.24 bits per heavy atom. The first-order valence-electron chi connectivity index (χ1n) is 6.50. The van der Waals surface area contributed by atoms with Crippen LogP contribution in [0.2, 0.25) is 0 Å². The Bertz CT molecular complexity index is 450. The van der Waals surface area contributed by atoms with E-state index in [1.807, 2.05) is 12.1 Å². The van der Waals surface area contributed by atoms with Crippen molar-refractivity contribution >= 4 is 5.78 Å². The van der Waals surface area contributed by atoms with Crippen LogP contribution in [0.3, 0.4) is 0 Å². The largest absolute Gasteiger partial charge is 0.497 e. The molecule has 1 fully saturated rings. The van der Waals surface area contributed by atoms with Crippen molar-refractivity contribution in [1.82, 2.24) is 0 Å². The predicted octanol–water partition coefficient (Wildman–Crippen LogP) is 3.24. The van der Waals surface area contributed by atoms with Crippen molar-refractivity contribution in [3.63, 3.8) is 0 Å². The molecule has 0 saturated heterocycles. The van der Waals surface area contributed by atoms with Crippen molar-refractivity contribution in [2.24, 2.45) is 11.8 Å². The normalized spacial score (nSPS) is 27.2. The van der Waals surface area contributed by atoms with Gasteiger partial charge in [0.1, 0.15) is 5.75 Å². The van der Waals surface area contributed by atoms with Gasteiger partial charge >= 0.3 is 0 Å². The van der Waals surface area contributed by atoms with Crippen LogP contribution in [-0.2, 0) is 6.42 Å². The second-order valence-corrected chi connectivity index (χ2v) is 5.24. The minimum atomic E-state index is 0.281. The number of fused-ring (bicyclic) bond motifs is 2. The first-order chi connectivity index (χ1) is 8.29. The number of hydrogen-bond acceptors (Lipinski definition) is 2. The average Bonchev–Trinajstić information content (AvgIpc) is 2.39. The Hall–Kier alpha value is -1.31. The maximum atomic E-state index is 12.5. The first kappa shape index (κ1) is 10.8. The van der Waals surface area contributed by atoms with E-state index in [0.717, 1.165) is 24.2 Å². The van der Waals surface area contributed by atoms with Gasteiger partial charge in [0.05, 0.1) is 7.11 Å². The molecular weight excluding hydrogens is 212 g/mol. The van der Waals surface area contributed by atoms with Gasteiger partial charge in [-0.15, -0.1) is 0 Å². The van der Waals surface area contributed by atoms with Gasteiger partial charge in [-0.2, -0.15) is 0 Å². The lowest BCUT2D eigenvalue weighted by Gasteiger charge is -2.35. The van der Waals surface area contributed by atoms with E-state index in [1.165, 1.54) is 24.8 Å². The molecule has 1 aromatic rings. The second kappa shape index (κ2) is 4.17. The van der Waals surface area contributed by atoms with Gasteiger partial charge in [0.2, 0.25) is 0 Å². The highest BCUT2D eigenvalue weighted by atomic mass is 16.5. The third-order valence-corrected chi connectivity index (χ3v) is 4.31. The standard InChI is InChI=1S/C15H18O2/c1-17-12-7-6-11-8-10-4-2-3-5-13(10)15(16)14(11)9-12/h6-7,9-10,13H,2-5,8H2,1H3. The molecule has 0 amide bonds. The fourth-order valence-corrected chi connectivity index (χ4v) is 3.37. The molecule has 0 bridgehead atoms. The van der Waals surface area contributed by atoms with Gasteiger partial charge in [-0.3, -0.25) is 4.79 Å². The third kappa shape index (κ3) is 1.76. The Morgan fingerprint density at radius 3 is 2.88 bits per heavy atom. The monoisotopic (exact) mass is 230 g/mol. The van der Waals surface area contributed by atoms with Crippen LogP contribution in [0.5, 0.6) is 5.75 Å². The summed E-state index contributed by atoms with van der Waals surface area (Å²) in [6, 6.07) is 5.95. The quantitative estimate of drug-likeness (QED) is 0.740. The molecule has 1 aromatic carbocycles. The van der Waals surface area contributed by atoms with Crippen LogP contribution in [0.4, 0.5) is 0 Å². The smallest absolute Gasteiger partial charge is 0.166 e. The maximum absolute atomic E-state index is 12.5. The summed E-state index contributed by atoms with van der Waals surface area (Å²) in [6.45, 7) is 0. The molecular formula is C15H18O2. The van der Waals surface area contributed by atoms with Crippen LogP contribution in [0.15, 0.2) is 18.2 Å². The number of ether oxygens (including phenoxy) is 1. The predicted molar refractivity (Wildman–Crippen MR) is 66.5 cm³/mol. The van der Waals surface area contributed by atoms with Gasteiger partial charge in [-0.1, -0.05) is 18.9 Å². The summed E-state index contributed by atoms with van der Waals surface area (Å²) < 4.78 is 5.21. The molecule has 0 spiro atoms. The summed E-state index contributed by atoms with van der Waals surface area (Å²) in [6.07, 6.45) is 5.89. The second-order valence-electron chi connectivity index (χ2n) is 5.24. The molecule has 0 heterocycles. The molecule has 2 aliphatic carbocycles.